The predicted molar refractivity (Wildman–Crippen MR) is 156 cm³/mol. The van der Waals surface area contributed by atoms with Crippen molar-refractivity contribution in [3.8, 4) is 0 Å². The average Bonchev–Trinajstić information content (AvgIpc) is 2.88. The third kappa shape index (κ3) is 7.36. The van der Waals surface area contributed by atoms with Crippen molar-refractivity contribution in [3.63, 3.8) is 0 Å². The quantitative estimate of drug-likeness (QED) is 0.162. The second kappa shape index (κ2) is 14.0. The molecule has 4 nitrogen and oxygen atoms in total. The van der Waals surface area contributed by atoms with Crippen molar-refractivity contribution in [1.29, 1.82) is 0 Å². The van der Waals surface area contributed by atoms with Gasteiger partial charge in [-0.05, 0) is 46.5 Å². The third-order valence-electron chi connectivity index (χ3n) is 5.49. The maximum Gasteiger partial charge on any atom is 0.110 e. The summed E-state index contributed by atoms with van der Waals surface area (Å²) in [6.07, 6.45) is -3.89. The van der Waals surface area contributed by atoms with E-state index in [0.29, 0.717) is 22.3 Å². The van der Waals surface area contributed by atoms with E-state index in [2.05, 4.69) is 63.7 Å². The molecule has 188 valence electrons. The number of aliphatic hydroxyl groups excluding tert-OH is 4. The van der Waals surface area contributed by atoms with Gasteiger partial charge in [0.05, 0.1) is 0 Å². The Labute approximate surface area is 244 Å². The van der Waals surface area contributed by atoms with Crippen molar-refractivity contribution in [3.05, 3.63) is 137 Å². The molecule has 0 saturated carbocycles. The number of benzene rings is 4. The highest BCUT2D eigenvalue weighted by Crippen LogP contribution is 2.36. The molecule has 0 aliphatic carbocycles. The normalized spacial score (nSPS) is 14.2. The largest absolute Gasteiger partial charge is 0.385 e. The number of rotatable bonds is 6. The molecule has 4 aromatic rings. The van der Waals surface area contributed by atoms with Crippen LogP contribution in [0.5, 0.6) is 0 Å². The van der Waals surface area contributed by atoms with Gasteiger partial charge in [0.2, 0.25) is 0 Å². The van der Waals surface area contributed by atoms with Crippen LogP contribution in [0.4, 0.5) is 0 Å². The second-order valence-electron chi connectivity index (χ2n) is 7.87. The molecular formula is C28H24Br4O4. The lowest BCUT2D eigenvalue weighted by atomic mass is 9.98. The summed E-state index contributed by atoms with van der Waals surface area (Å²) in [6.45, 7) is 0. The molecule has 0 aliphatic rings. The van der Waals surface area contributed by atoms with E-state index in [1.165, 1.54) is 0 Å². The van der Waals surface area contributed by atoms with Crippen LogP contribution < -0.4 is 0 Å². The van der Waals surface area contributed by atoms with Crippen LogP contribution in [0, 0.1) is 0 Å². The van der Waals surface area contributed by atoms with E-state index in [1.807, 2.05) is 72.8 Å². The summed E-state index contributed by atoms with van der Waals surface area (Å²) in [5.74, 6) is 0. The lowest BCUT2D eigenvalue weighted by Crippen LogP contribution is -2.11. The Kier molecular flexibility index (Phi) is 11.3. The van der Waals surface area contributed by atoms with Gasteiger partial charge in [-0.2, -0.15) is 0 Å². The van der Waals surface area contributed by atoms with Gasteiger partial charge in [-0.25, -0.2) is 0 Å². The molecule has 4 rings (SSSR count). The molecule has 36 heavy (non-hydrogen) atoms. The van der Waals surface area contributed by atoms with E-state index in [0.717, 1.165) is 17.9 Å². The van der Waals surface area contributed by atoms with Gasteiger partial charge in [-0.3, -0.25) is 0 Å². The highest BCUT2D eigenvalue weighted by molar-refractivity contribution is 9.11. The zero-order valence-corrected chi connectivity index (χ0v) is 25.2. The maximum atomic E-state index is 10.2. The summed E-state index contributed by atoms with van der Waals surface area (Å²) in [6, 6.07) is 29.3. The number of hydrogen-bond acceptors (Lipinski definition) is 4. The van der Waals surface area contributed by atoms with Crippen molar-refractivity contribution in [2.24, 2.45) is 0 Å². The smallest absolute Gasteiger partial charge is 0.110 e. The van der Waals surface area contributed by atoms with Crippen LogP contribution in [-0.2, 0) is 0 Å². The maximum absolute atomic E-state index is 10.2. The molecule has 8 heteroatoms. The first-order valence-corrected chi connectivity index (χ1v) is 14.1. The van der Waals surface area contributed by atoms with Crippen LogP contribution in [0.3, 0.4) is 0 Å². The Hall–Kier alpha value is -1.36. The Balaban J connectivity index is 0.000000201. The Bertz CT molecular complexity index is 1090. The van der Waals surface area contributed by atoms with Crippen LogP contribution >= 0.6 is 63.7 Å². The van der Waals surface area contributed by atoms with E-state index >= 15 is 0 Å². The first-order chi connectivity index (χ1) is 17.2. The van der Waals surface area contributed by atoms with Crippen LogP contribution in [0.2, 0.25) is 0 Å². The van der Waals surface area contributed by atoms with E-state index in [1.54, 1.807) is 24.3 Å². The summed E-state index contributed by atoms with van der Waals surface area (Å²) in [7, 11) is 0. The van der Waals surface area contributed by atoms with Crippen molar-refractivity contribution in [2.75, 3.05) is 0 Å². The van der Waals surface area contributed by atoms with E-state index in [4.69, 9.17) is 0 Å². The summed E-state index contributed by atoms with van der Waals surface area (Å²) in [5, 5.41) is 41.0. The molecule has 4 atom stereocenters. The van der Waals surface area contributed by atoms with Crippen molar-refractivity contribution in [1.82, 2.24) is 0 Å². The van der Waals surface area contributed by atoms with Gasteiger partial charge in [0.25, 0.3) is 0 Å². The zero-order valence-electron chi connectivity index (χ0n) is 18.8. The van der Waals surface area contributed by atoms with Crippen LogP contribution in [0.25, 0.3) is 0 Å². The second-order valence-corrected chi connectivity index (χ2v) is 11.3. The van der Waals surface area contributed by atoms with E-state index < -0.39 is 24.4 Å². The molecule has 0 saturated heterocycles. The molecule has 0 bridgehead atoms. The molecule has 0 fully saturated rings. The predicted octanol–water partition coefficient (Wildman–Crippen LogP) is 7.96. The molecule has 0 heterocycles. The minimum Gasteiger partial charge on any atom is -0.385 e. The molecule has 0 radical (unpaired) electrons. The molecule has 4 N–H and O–H groups in total. The first-order valence-electron chi connectivity index (χ1n) is 10.9. The van der Waals surface area contributed by atoms with E-state index in [9.17, 15) is 20.4 Å². The van der Waals surface area contributed by atoms with Gasteiger partial charge in [0.15, 0.2) is 0 Å². The number of halogens is 4. The summed E-state index contributed by atoms with van der Waals surface area (Å²) >= 11 is 13.5. The molecule has 1 unspecified atom stereocenters. The van der Waals surface area contributed by atoms with Crippen LogP contribution in [0.15, 0.2) is 115 Å². The SMILES string of the molecule is OC(c1ccccc1Br)[C@@H](O)c1ccccc1Br.O[C@H](c1ccccc1Br)[C@H](O)c1ccccc1Br. The highest BCUT2D eigenvalue weighted by atomic mass is 79.9. The molecular weight excluding hydrogens is 720 g/mol. The fraction of sp³-hybridized carbons (Fsp3) is 0.143. The lowest BCUT2D eigenvalue weighted by Gasteiger charge is -2.20. The van der Waals surface area contributed by atoms with Crippen molar-refractivity contribution >= 4 is 63.7 Å². The van der Waals surface area contributed by atoms with Gasteiger partial charge < -0.3 is 20.4 Å². The Morgan fingerprint density at radius 2 is 0.500 bits per heavy atom. The first kappa shape index (κ1) is 29.2. The highest BCUT2D eigenvalue weighted by Gasteiger charge is 2.24. The number of hydrogen-bond donors (Lipinski definition) is 4. The van der Waals surface area contributed by atoms with Crippen molar-refractivity contribution in [2.45, 2.75) is 24.4 Å². The zero-order chi connectivity index (χ0) is 26.2. The van der Waals surface area contributed by atoms with Gasteiger partial charge in [-0.15, -0.1) is 0 Å². The summed E-state index contributed by atoms with van der Waals surface area (Å²) < 4.78 is 3.12. The van der Waals surface area contributed by atoms with E-state index in [-0.39, 0.29) is 0 Å². The average molecular weight is 744 g/mol. The monoisotopic (exact) mass is 740 g/mol. The molecule has 0 aliphatic heterocycles. The fourth-order valence-corrected chi connectivity index (χ4v) is 5.62. The van der Waals surface area contributed by atoms with Crippen LogP contribution in [0.1, 0.15) is 46.7 Å². The minimum absolute atomic E-state index is 0.667. The van der Waals surface area contributed by atoms with Gasteiger partial charge in [0.1, 0.15) is 24.4 Å². The minimum atomic E-state index is -0.973. The summed E-state index contributed by atoms with van der Waals surface area (Å²) in [4.78, 5) is 0. The standard InChI is InChI=1S/2C14H12Br2O2/c2*15-11-7-3-1-5-9(11)13(17)14(18)10-6-2-4-8-12(10)16/h2*1-8,13-14,17-18H/t13-,14?;13-,14-/m01/s1. The topological polar surface area (TPSA) is 80.9 Å². The van der Waals surface area contributed by atoms with Gasteiger partial charge in [0, 0.05) is 17.9 Å². The lowest BCUT2D eigenvalue weighted by molar-refractivity contribution is 0.0164. The molecule has 0 amide bonds. The van der Waals surface area contributed by atoms with Crippen molar-refractivity contribution < 1.29 is 20.4 Å². The molecule has 4 aromatic carbocycles. The third-order valence-corrected chi connectivity index (χ3v) is 8.38. The van der Waals surface area contributed by atoms with Crippen LogP contribution in [-0.4, -0.2) is 20.4 Å². The summed E-state index contributed by atoms with van der Waals surface area (Å²) in [5.41, 5.74) is 2.67. The Morgan fingerprint density at radius 1 is 0.333 bits per heavy atom. The van der Waals surface area contributed by atoms with Gasteiger partial charge >= 0.3 is 0 Å². The Morgan fingerprint density at radius 3 is 0.667 bits per heavy atom. The number of aliphatic hydroxyl groups is 4. The molecule has 0 spiro atoms. The molecule has 0 aromatic heterocycles. The van der Waals surface area contributed by atoms with Gasteiger partial charge in [-0.1, -0.05) is 137 Å². The fourth-order valence-electron chi connectivity index (χ4n) is 3.54.